The van der Waals surface area contributed by atoms with Crippen molar-refractivity contribution < 1.29 is 14.0 Å². The summed E-state index contributed by atoms with van der Waals surface area (Å²) in [4.78, 5) is 24.7. The van der Waals surface area contributed by atoms with Crippen molar-refractivity contribution in [3.8, 4) is 0 Å². The predicted molar refractivity (Wildman–Crippen MR) is 119 cm³/mol. The fraction of sp³-hybridized carbons (Fsp3) is 0.238. The van der Waals surface area contributed by atoms with Crippen molar-refractivity contribution in [2.24, 2.45) is 0 Å². The molecule has 0 saturated carbocycles. The van der Waals surface area contributed by atoms with E-state index in [1.54, 1.807) is 24.3 Å². The van der Waals surface area contributed by atoms with Gasteiger partial charge in [0.25, 0.3) is 5.91 Å². The smallest absolute Gasteiger partial charge is 0.251 e. The molecule has 2 amide bonds. The highest BCUT2D eigenvalue weighted by Gasteiger charge is 2.20. The Hall–Kier alpha value is -2.91. The summed E-state index contributed by atoms with van der Waals surface area (Å²) in [6, 6.07) is 12.5. The van der Waals surface area contributed by atoms with E-state index in [4.69, 9.17) is 11.6 Å². The minimum atomic E-state index is -0.550. The summed E-state index contributed by atoms with van der Waals surface area (Å²) in [6.45, 7) is 4.34. The summed E-state index contributed by atoms with van der Waals surface area (Å²) < 4.78 is 15.1. The summed E-state index contributed by atoms with van der Waals surface area (Å²) in [5.74, 6) is -0.362. The maximum Gasteiger partial charge on any atom is 0.251 e. The van der Waals surface area contributed by atoms with Gasteiger partial charge in [-0.2, -0.15) is 0 Å². The van der Waals surface area contributed by atoms with E-state index in [1.807, 2.05) is 24.5 Å². The number of hydrogen-bond acceptors (Lipinski definition) is 5. The van der Waals surface area contributed by atoms with Gasteiger partial charge in [-0.05, 0) is 44.2 Å². The molecule has 31 heavy (non-hydrogen) atoms. The molecule has 3 rings (SSSR count). The van der Waals surface area contributed by atoms with Crippen molar-refractivity contribution in [3.63, 3.8) is 0 Å². The first kappa shape index (κ1) is 22.8. The Kier molecular flexibility index (Phi) is 7.64. The molecular weight excluding hydrogens is 441 g/mol. The molecule has 3 aromatic rings. The van der Waals surface area contributed by atoms with Crippen LogP contribution in [-0.4, -0.2) is 32.3 Å². The average Bonchev–Trinajstić information content (AvgIpc) is 3.18. The highest BCUT2D eigenvalue weighted by molar-refractivity contribution is 7.99. The molecule has 0 radical (unpaired) electrons. The van der Waals surface area contributed by atoms with E-state index in [0.29, 0.717) is 28.8 Å². The standard InChI is InChI=1S/C21H21ClFN5O2S/c1-3-28-19(13(2)24-20(30)14-7-5-4-6-8-14)26-27-21(28)31-12-18(29)25-15-9-10-17(23)16(22)11-15/h4-11,13H,3,12H2,1-2H3,(H,24,30)(H,25,29)/t13-/m1/s1. The zero-order valence-electron chi connectivity index (χ0n) is 16.9. The fourth-order valence-electron chi connectivity index (χ4n) is 2.86. The van der Waals surface area contributed by atoms with Crippen LogP contribution in [0.4, 0.5) is 10.1 Å². The number of carbonyl (C=O) groups is 2. The van der Waals surface area contributed by atoms with Crippen molar-refractivity contribution in [1.29, 1.82) is 0 Å². The van der Waals surface area contributed by atoms with Crippen LogP contribution in [0.25, 0.3) is 0 Å². The molecule has 0 aliphatic rings. The molecule has 0 unspecified atom stereocenters. The van der Waals surface area contributed by atoms with Gasteiger partial charge in [-0.15, -0.1) is 10.2 Å². The lowest BCUT2D eigenvalue weighted by molar-refractivity contribution is -0.113. The van der Waals surface area contributed by atoms with Crippen molar-refractivity contribution in [2.45, 2.75) is 31.6 Å². The molecule has 0 saturated heterocycles. The van der Waals surface area contributed by atoms with Crippen LogP contribution in [0.1, 0.15) is 36.1 Å². The summed E-state index contributed by atoms with van der Waals surface area (Å²) in [5.41, 5.74) is 0.968. The number of thioether (sulfide) groups is 1. The molecular formula is C21H21ClFN5O2S. The number of benzene rings is 2. The van der Waals surface area contributed by atoms with Gasteiger partial charge in [-0.25, -0.2) is 4.39 Å². The monoisotopic (exact) mass is 461 g/mol. The van der Waals surface area contributed by atoms with E-state index in [-0.39, 0.29) is 28.6 Å². The predicted octanol–water partition coefficient (Wildman–Crippen LogP) is 4.31. The molecule has 162 valence electrons. The van der Waals surface area contributed by atoms with Crippen molar-refractivity contribution >= 4 is 40.9 Å². The molecule has 0 spiro atoms. The summed E-state index contributed by atoms with van der Waals surface area (Å²) >= 11 is 6.95. The minimum Gasteiger partial charge on any atom is -0.342 e. The number of rotatable bonds is 8. The lowest BCUT2D eigenvalue weighted by Gasteiger charge is -2.15. The number of amides is 2. The van der Waals surface area contributed by atoms with Crippen molar-refractivity contribution in [3.05, 3.63) is 70.8 Å². The van der Waals surface area contributed by atoms with E-state index >= 15 is 0 Å². The van der Waals surface area contributed by atoms with Gasteiger partial charge in [-0.1, -0.05) is 41.6 Å². The van der Waals surface area contributed by atoms with E-state index in [9.17, 15) is 14.0 Å². The van der Waals surface area contributed by atoms with Gasteiger partial charge in [0.1, 0.15) is 5.82 Å². The quantitative estimate of drug-likeness (QED) is 0.488. The molecule has 1 atom stereocenters. The number of anilines is 1. The number of halogens is 2. The van der Waals surface area contributed by atoms with Crippen LogP contribution in [0, 0.1) is 5.82 Å². The van der Waals surface area contributed by atoms with Crippen LogP contribution in [0.3, 0.4) is 0 Å². The van der Waals surface area contributed by atoms with Crippen LogP contribution in [-0.2, 0) is 11.3 Å². The molecule has 0 fully saturated rings. The van der Waals surface area contributed by atoms with Gasteiger partial charge in [0.15, 0.2) is 11.0 Å². The van der Waals surface area contributed by atoms with Crippen LogP contribution >= 0.6 is 23.4 Å². The Balaban J connectivity index is 1.62. The Morgan fingerprint density at radius 1 is 1.19 bits per heavy atom. The van der Waals surface area contributed by atoms with Crippen LogP contribution in [0.2, 0.25) is 5.02 Å². The highest BCUT2D eigenvalue weighted by atomic mass is 35.5. The third-order valence-electron chi connectivity index (χ3n) is 4.37. The zero-order chi connectivity index (χ0) is 22.4. The molecule has 1 heterocycles. The molecule has 0 aliphatic carbocycles. The maximum absolute atomic E-state index is 13.2. The molecule has 2 N–H and O–H groups in total. The molecule has 0 bridgehead atoms. The largest absolute Gasteiger partial charge is 0.342 e. The third kappa shape index (κ3) is 5.83. The number of nitrogens with zero attached hydrogens (tertiary/aromatic N) is 3. The first-order valence-electron chi connectivity index (χ1n) is 9.55. The van der Waals surface area contributed by atoms with E-state index in [1.165, 1.54) is 30.0 Å². The molecule has 0 aliphatic heterocycles. The second-order valence-electron chi connectivity index (χ2n) is 6.61. The molecule has 7 nitrogen and oxygen atoms in total. The lowest BCUT2D eigenvalue weighted by atomic mass is 10.2. The molecule has 2 aromatic carbocycles. The SMILES string of the molecule is CCn1c(SCC(=O)Nc2ccc(F)c(Cl)c2)nnc1[C@@H](C)NC(=O)c1ccccc1. The molecule has 1 aromatic heterocycles. The second kappa shape index (κ2) is 10.4. The first-order chi connectivity index (χ1) is 14.9. The Bertz CT molecular complexity index is 1080. The first-order valence-corrected chi connectivity index (χ1v) is 10.9. The van der Waals surface area contributed by atoms with Crippen LogP contribution < -0.4 is 10.6 Å². The molecule has 10 heteroatoms. The Labute approximate surface area is 188 Å². The number of carbonyl (C=O) groups excluding carboxylic acids is 2. The van der Waals surface area contributed by atoms with Crippen LogP contribution in [0.15, 0.2) is 53.7 Å². The van der Waals surface area contributed by atoms with Gasteiger partial charge < -0.3 is 15.2 Å². The van der Waals surface area contributed by atoms with Crippen LogP contribution in [0.5, 0.6) is 0 Å². The van der Waals surface area contributed by atoms with Gasteiger partial charge in [0.05, 0.1) is 16.8 Å². The normalized spacial score (nSPS) is 11.7. The van der Waals surface area contributed by atoms with Crippen molar-refractivity contribution in [2.75, 3.05) is 11.1 Å². The summed E-state index contributed by atoms with van der Waals surface area (Å²) in [7, 11) is 0. The van der Waals surface area contributed by atoms with Gasteiger partial charge in [-0.3, -0.25) is 9.59 Å². The second-order valence-corrected chi connectivity index (χ2v) is 7.96. The summed E-state index contributed by atoms with van der Waals surface area (Å²) in [6.07, 6.45) is 0. The van der Waals surface area contributed by atoms with Gasteiger partial charge in [0.2, 0.25) is 5.91 Å². The zero-order valence-corrected chi connectivity index (χ0v) is 18.5. The number of hydrogen-bond donors (Lipinski definition) is 2. The van der Waals surface area contributed by atoms with Gasteiger partial charge >= 0.3 is 0 Å². The van der Waals surface area contributed by atoms with E-state index in [2.05, 4.69) is 20.8 Å². The highest BCUT2D eigenvalue weighted by Crippen LogP contribution is 2.22. The summed E-state index contributed by atoms with van der Waals surface area (Å²) in [5, 5.41) is 14.4. The third-order valence-corrected chi connectivity index (χ3v) is 5.62. The lowest BCUT2D eigenvalue weighted by Crippen LogP contribution is -2.28. The maximum atomic E-state index is 13.2. The topological polar surface area (TPSA) is 88.9 Å². The van der Waals surface area contributed by atoms with E-state index < -0.39 is 5.82 Å². The number of nitrogens with one attached hydrogen (secondary N) is 2. The minimum absolute atomic E-state index is 0.0626. The van der Waals surface area contributed by atoms with Gasteiger partial charge in [0, 0.05) is 17.8 Å². The van der Waals surface area contributed by atoms with E-state index in [0.717, 1.165) is 0 Å². The number of aromatic nitrogens is 3. The Morgan fingerprint density at radius 3 is 2.61 bits per heavy atom. The fourth-order valence-corrected chi connectivity index (χ4v) is 3.85. The Morgan fingerprint density at radius 2 is 1.94 bits per heavy atom. The average molecular weight is 462 g/mol. The van der Waals surface area contributed by atoms with Crippen molar-refractivity contribution in [1.82, 2.24) is 20.1 Å².